The van der Waals surface area contributed by atoms with Crippen LogP contribution >= 0.6 is 49.9 Å². The first kappa shape index (κ1) is 14.8. The SMILES string of the molecule is CCCc1c(-c2cc(Br)ccc2I)sc(C#N)c1N. The molecule has 2 rings (SSSR count). The summed E-state index contributed by atoms with van der Waals surface area (Å²) in [6.45, 7) is 2.12. The maximum Gasteiger partial charge on any atom is 0.128 e. The van der Waals surface area contributed by atoms with Crippen molar-refractivity contribution in [1.82, 2.24) is 0 Å². The molecule has 2 N–H and O–H groups in total. The van der Waals surface area contributed by atoms with Crippen molar-refractivity contribution >= 4 is 55.5 Å². The van der Waals surface area contributed by atoms with E-state index in [-0.39, 0.29) is 0 Å². The molecular formula is C14H12BrIN2S. The van der Waals surface area contributed by atoms with Gasteiger partial charge < -0.3 is 5.73 Å². The Hall–Kier alpha value is -0.580. The molecule has 0 aliphatic carbocycles. The van der Waals surface area contributed by atoms with Gasteiger partial charge in [0.1, 0.15) is 10.9 Å². The zero-order chi connectivity index (χ0) is 14.0. The molecule has 2 nitrogen and oxygen atoms in total. The number of nitrogens with two attached hydrogens (primary N) is 1. The van der Waals surface area contributed by atoms with Crippen LogP contribution in [0.1, 0.15) is 23.8 Å². The molecule has 2 aromatic rings. The van der Waals surface area contributed by atoms with Gasteiger partial charge in [0, 0.05) is 18.5 Å². The standard InChI is InChI=1S/C14H12BrIN2S/c1-2-3-9-13(18)12(7-17)19-14(9)10-6-8(15)4-5-11(10)16/h4-6H,2-3,18H2,1H3. The van der Waals surface area contributed by atoms with Gasteiger partial charge >= 0.3 is 0 Å². The summed E-state index contributed by atoms with van der Waals surface area (Å²) in [6.07, 6.45) is 1.92. The highest BCUT2D eigenvalue weighted by atomic mass is 127. The summed E-state index contributed by atoms with van der Waals surface area (Å²) in [5, 5.41) is 9.16. The van der Waals surface area contributed by atoms with Crippen molar-refractivity contribution in [2.45, 2.75) is 19.8 Å². The molecular weight excluding hydrogens is 435 g/mol. The number of anilines is 1. The van der Waals surface area contributed by atoms with Crippen LogP contribution in [0.5, 0.6) is 0 Å². The molecule has 0 atom stereocenters. The molecule has 0 spiro atoms. The van der Waals surface area contributed by atoms with Gasteiger partial charge in [0.05, 0.1) is 5.69 Å². The van der Waals surface area contributed by atoms with Crippen LogP contribution in [0.2, 0.25) is 0 Å². The van der Waals surface area contributed by atoms with E-state index in [9.17, 15) is 0 Å². The quantitative estimate of drug-likeness (QED) is 0.659. The topological polar surface area (TPSA) is 49.8 Å². The summed E-state index contributed by atoms with van der Waals surface area (Å²) in [7, 11) is 0. The highest BCUT2D eigenvalue weighted by molar-refractivity contribution is 14.1. The van der Waals surface area contributed by atoms with Crippen LogP contribution < -0.4 is 5.73 Å². The Morgan fingerprint density at radius 2 is 2.21 bits per heavy atom. The first-order chi connectivity index (χ1) is 9.08. The third-order valence-electron chi connectivity index (χ3n) is 2.82. The molecule has 0 saturated heterocycles. The van der Waals surface area contributed by atoms with E-state index in [0.29, 0.717) is 10.6 Å². The second-order valence-electron chi connectivity index (χ2n) is 4.14. The van der Waals surface area contributed by atoms with Crippen LogP contribution in [-0.2, 0) is 6.42 Å². The van der Waals surface area contributed by atoms with E-state index in [1.54, 1.807) is 0 Å². The molecule has 19 heavy (non-hydrogen) atoms. The normalized spacial score (nSPS) is 10.4. The summed E-state index contributed by atoms with van der Waals surface area (Å²) < 4.78 is 2.21. The average molecular weight is 447 g/mol. The molecule has 1 aromatic heterocycles. The third-order valence-corrected chi connectivity index (χ3v) is 5.44. The van der Waals surface area contributed by atoms with Crippen molar-refractivity contribution in [2.75, 3.05) is 5.73 Å². The average Bonchev–Trinajstić information content (AvgIpc) is 2.70. The van der Waals surface area contributed by atoms with Gasteiger partial charge in [0.25, 0.3) is 0 Å². The maximum atomic E-state index is 9.16. The van der Waals surface area contributed by atoms with E-state index in [1.807, 2.05) is 6.07 Å². The Bertz CT molecular complexity index is 658. The van der Waals surface area contributed by atoms with Crippen LogP contribution in [0.4, 0.5) is 5.69 Å². The lowest BCUT2D eigenvalue weighted by molar-refractivity contribution is 0.930. The smallest absolute Gasteiger partial charge is 0.128 e. The van der Waals surface area contributed by atoms with Crippen molar-refractivity contribution in [1.29, 1.82) is 5.26 Å². The van der Waals surface area contributed by atoms with Crippen LogP contribution in [0, 0.1) is 14.9 Å². The van der Waals surface area contributed by atoms with Crippen LogP contribution in [-0.4, -0.2) is 0 Å². The van der Waals surface area contributed by atoms with Gasteiger partial charge in [-0.2, -0.15) is 5.26 Å². The maximum absolute atomic E-state index is 9.16. The minimum absolute atomic E-state index is 0.620. The highest BCUT2D eigenvalue weighted by Gasteiger charge is 2.18. The summed E-state index contributed by atoms with van der Waals surface area (Å²) in [5.41, 5.74) is 9.01. The summed E-state index contributed by atoms with van der Waals surface area (Å²) in [4.78, 5) is 1.75. The van der Waals surface area contributed by atoms with E-state index in [0.717, 1.165) is 33.3 Å². The Kier molecular flexibility index (Phi) is 4.87. The minimum atomic E-state index is 0.620. The molecule has 0 amide bonds. The largest absolute Gasteiger partial charge is 0.397 e. The second kappa shape index (κ2) is 6.25. The molecule has 0 fully saturated rings. The lowest BCUT2D eigenvalue weighted by atomic mass is 10.0. The Labute approximate surface area is 138 Å². The van der Waals surface area contributed by atoms with E-state index in [2.05, 4.69) is 63.6 Å². The number of nitrogens with zero attached hydrogens (tertiary/aromatic N) is 1. The Morgan fingerprint density at radius 1 is 1.47 bits per heavy atom. The number of nitriles is 1. The van der Waals surface area contributed by atoms with E-state index < -0.39 is 0 Å². The van der Waals surface area contributed by atoms with Crippen molar-refractivity contribution in [3.63, 3.8) is 0 Å². The van der Waals surface area contributed by atoms with Crippen molar-refractivity contribution in [2.24, 2.45) is 0 Å². The van der Waals surface area contributed by atoms with Gasteiger partial charge in [-0.3, -0.25) is 0 Å². The number of nitrogen functional groups attached to an aromatic ring is 1. The summed E-state index contributed by atoms with van der Waals surface area (Å²) >= 11 is 7.32. The van der Waals surface area contributed by atoms with Gasteiger partial charge in [-0.1, -0.05) is 29.3 Å². The fourth-order valence-electron chi connectivity index (χ4n) is 1.95. The van der Waals surface area contributed by atoms with Crippen molar-refractivity contribution in [3.8, 4) is 16.5 Å². The lowest BCUT2D eigenvalue weighted by Gasteiger charge is -2.07. The zero-order valence-electron chi connectivity index (χ0n) is 10.3. The molecule has 98 valence electrons. The molecule has 0 aliphatic heterocycles. The van der Waals surface area contributed by atoms with Gasteiger partial charge in [-0.25, -0.2) is 0 Å². The fraction of sp³-hybridized carbons (Fsp3) is 0.214. The van der Waals surface area contributed by atoms with Crippen LogP contribution in [0.15, 0.2) is 22.7 Å². The Balaban J connectivity index is 2.67. The van der Waals surface area contributed by atoms with Crippen molar-refractivity contribution in [3.05, 3.63) is 36.7 Å². The molecule has 5 heteroatoms. The van der Waals surface area contributed by atoms with E-state index in [4.69, 9.17) is 11.0 Å². The zero-order valence-corrected chi connectivity index (χ0v) is 14.9. The fourth-order valence-corrected chi connectivity index (χ4v) is 4.19. The van der Waals surface area contributed by atoms with Crippen LogP contribution in [0.25, 0.3) is 10.4 Å². The monoisotopic (exact) mass is 446 g/mol. The molecule has 0 unspecified atom stereocenters. The molecule has 0 saturated carbocycles. The van der Waals surface area contributed by atoms with Gasteiger partial charge in [0.2, 0.25) is 0 Å². The number of halogens is 2. The molecule has 0 radical (unpaired) electrons. The molecule has 0 aliphatic rings. The summed E-state index contributed by atoms with van der Waals surface area (Å²) in [6, 6.07) is 8.38. The predicted octanol–water partition coefficient (Wildman–Crippen LogP) is 5.19. The van der Waals surface area contributed by atoms with Gasteiger partial charge in [-0.05, 0) is 52.8 Å². The minimum Gasteiger partial charge on any atom is -0.397 e. The predicted molar refractivity (Wildman–Crippen MR) is 93.3 cm³/mol. The summed E-state index contributed by atoms with van der Waals surface area (Å²) in [5.74, 6) is 0. The number of rotatable bonds is 3. The number of hydrogen-bond donors (Lipinski definition) is 1. The number of hydrogen-bond acceptors (Lipinski definition) is 3. The van der Waals surface area contributed by atoms with Gasteiger partial charge in [-0.15, -0.1) is 11.3 Å². The first-order valence-corrected chi connectivity index (χ1v) is 8.54. The molecule has 1 aromatic carbocycles. The lowest BCUT2D eigenvalue weighted by Crippen LogP contribution is -1.93. The number of benzene rings is 1. The third kappa shape index (κ3) is 2.96. The second-order valence-corrected chi connectivity index (χ2v) is 7.24. The Morgan fingerprint density at radius 3 is 2.84 bits per heavy atom. The highest BCUT2D eigenvalue weighted by Crippen LogP contribution is 2.41. The van der Waals surface area contributed by atoms with Gasteiger partial charge in [0.15, 0.2) is 0 Å². The first-order valence-electron chi connectivity index (χ1n) is 5.85. The van der Waals surface area contributed by atoms with E-state index >= 15 is 0 Å². The molecule has 0 bridgehead atoms. The number of thiophene rings is 1. The van der Waals surface area contributed by atoms with Crippen molar-refractivity contribution < 1.29 is 0 Å². The van der Waals surface area contributed by atoms with E-state index in [1.165, 1.54) is 14.9 Å². The van der Waals surface area contributed by atoms with Crippen LogP contribution in [0.3, 0.4) is 0 Å². The molecule has 1 heterocycles.